The fourth-order valence-corrected chi connectivity index (χ4v) is 6.60. The van der Waals surface area contributed by atoms with Gasteiger partial charge in [0.05, 0.1) is 22.6 Å². The summed E-state index contributed by atoms with van der Waals surface area (Å²) in [4.78, 5) is 34.5. The van der Waals surface area contributed by atoms with Gasteiger partial charge in [0.25, 0.3) is 5.91 Å². The highest BCUT2D eigenvalue weighted by molar-refractivity contribution is 7.11. The van der Waals surface area contributed by atoms with Crippen molar-refractivity contribution in [2.45, 2.75) is 64.3 Å². The van der Waals surface area contributed by atoms with Crippen molar-refractivity contribution in [2.24, 2.45) is 0 Å². The van der Waals surface area contributed by atoms with Crippen LogP contribution in [-0.4, -0.2) is 60.4 Å². The molecular formula is C27H36N4O2S. The first kappa shape index (κ1) is 23.5. The number of benzene rings is 1. The minimum absolute atomic E-state index is 0.0660. The predicted molar refractivity (Wildman–Crippen MR) is 139 cm³/mol. The average molecular weight is 481 g/mol. The van der Waals surface area contributed by atoms with Gasteiger partial charge in [0.1, 0.15) is 0 Å². The highest BCUT2D eigenvalue weighted by Crippen LogP contribution is 2.42. The molecule has 2 aromatic rings. The molecule has 3 aliphatic heterocycles. The van der Waals surface area contributed by atoms with Crippen molar-refractivity contribution in [1.82, 2.24) is 9.80 Å². The predicted octanol–water partition coefficient (Wildman–Crippen LogP) is 5.41. The standard InChI is InChI=1S/C27H36N4O2S/c1-20-26-22(19-34-20)27(33)28-23-11-3-4-12-24(23)31(26)25(32)13-9-17-30-16-8-5-10-21(30)18-29-14-6-2-7-15-29/h3-4,11-12,19,21H,2,5-10,13-18H2,1H3,(H,28,33). The van der Waals surface area contributed by atoms with Crippen molar-refractivity contribution < 1.29 is 9.59 Å². The molecule has 1 unspecified atom stereocenters. The molecule has 0 bridgehead atoms. The number of rotatable bonds is 6. The molecule has 1 aromatic carbocycles. The lowest BCUT2D eigenvalue weighted by Crippen LogP contribution is -2.48. The molecule has 3 aliphatic rings. The number of carbonyl (C=O) groups is 2. The van der Waals surface area contributed by atoms with Crippen LogP contribution in [0, 0.1) is 6.92 Å². The zero-order valence-electron chi connectivity index (χ0n) is 20.2. The normalized spacial score (nSPS) is 21.5. The second-order valence-corrected chi connectivity index (χ2v) is 11.0. The van der Waals surface area contributed by atoms with Crippen LogP contribution in [0.15, 0.2) is 29.6 Å². The summed E-state index contributed by atoms with van der Waals surface area (Å²) >= 11 is 1.52. The Morgan fingerprint density at radius 1 is 1.09 bits per heavy atom. The second-order valence-electron chi connectivity index (χ2n) is 9.90. The van der Waals surface area contributed by atoms with Crippen molar-refractivity contribution in [3.8, 4) is 0 Å². The number of nitrogens with zero attached hydrogens (tertiary/aromatic N) is 3. The lowest BCUT2D eigenvalue weighted by molar-refractivity contribution is -0.118. The molecule has 0 aliphatic carbocycles. The number of thiophene rings is 1. The minimum Gasteiger partial charge on any atom is -0.320 e. The molecule has 2 fully saturated rings. The molecule has 182 valence electrons. The molecule has 0 saturated carbocycles. The van der Waals surface area contributed by atoms with Gasteiger partial charge >= 0.3 is 0 Å². The first-order valence-corrected chi connectivity index (χ1v) is 13.8. The van der Waals surface area contributed by atoms with Gasteiger partial charge in [-0.25, -0.2) is 0 Å². The SMILES string of the molecule is Cc1scc2c1N(C(=O)CCCN1CCCCC1CN1CCCCC1)c1ccccc1NC2=O. The van der Waals surface area contributed by atoms with Gasteiger partial charge < -0.3 is 10.2 Å². The Bertz CT molecular complexity index is 1030. The van der Waals surface area contributed by atoms with Gasteiger partial charge in [-0.05, 0) is 77.3 Å². The number of hydrogen-bond donors (Lipinski definition) is 1. The molecule has 1 aromatic heterocycles. The van der Waals surface area contributed by atoms with Gasteiger partial charge in [-0.15, -0.1) is 11.3 Å². The van der Waals surface area contributed by atoms with E-state index in [4.69, 9.17) is 0 Å². The van der Waals surface area contributed by atoms with Crippen LogP contribution in [-0.2, 0) is 4.79 Å². The van der Waals surface area contributed by atoms with E-state index in [2.05, 4.69) is 15.1 Å². The van der Waals surface area contributed by atoms with Gasteiger partial charge in [0.15, 0.2) is 0 Å². The fourth-order valence-electron chi connectivity index (χ4n) is 5.78. The van der Waals surface area contributed by atoms with Gasteiger partial charge in [-0.1, -0.05) is 25.0 Å². The fraction of sp³-hybridized carbons (Fsp3) is 0.556. The molecule has 6 nitrogen and oxygen atoms in total. The summed E-state index contributed by atoms with van der Waals surface area (Å²) in [5.41, 5.74) is 2.80. The summed E-state index contributed by atoms with van der Waals surface area (Å²) in [7, 11) is 0. The average Bonchev–Trinajstić information content (AvgIpc) is 3.17. The Hall–Kier alpha value is -2.22. The van der Waals surface area contributed by atoms with Gasteiger partial charge in [0.2, 0.25) is 5.91 Å². The number of aryl methyl sites for hydroxylation is 1. The van der Waals surface area contributed by atoms with Crippen LogP contribution in [0.4, 0.5) is 17.1 Å². The summed E-state index contributed by atoms with van der Waals surface area (Å²) in [6.45, 7) is 7.76. The molecule has 2 saturated heterocycles. The molecule has 0 radical (unpaired) electrons. The summed E-state index contributed by atoms with van der Waals surface area (Å²) < 4.78 is 0. The molecule has 1 N–H and O–H groups in total. The van der Waals surface area contributed by atoms with E-state index in [0.29, 0.717) is 23.7 Å². The number of anilines is 3. The van der Waals surface area contributed by atoms with Crippen LogP contribution in [0.5, 0.6) is 0 Å². The Morgan fingerprint density at radius 3 is 2.74 bits per heavy atom. The Balaban J connectivity index is 1.27. The lowest BCUT2D eigenvalue weighted by atomic mass is 10.00. The van der Waals surface area contributed by atoms with E-state index in [0.717, 1.165) is 35.8 Å². The highest BCUT2D eigenvalue weighted by Gasteiger charge is 2.32. The molecule has 1 atom stereocenters. The lowest BCUT2D eigenvalue weighted by Gasteiger charge is -2.39. The first-order chi connectivity index (χ1) is 16.6. The Morgan fingerprint density at radius 2 is 1.88 bits per heavy atom. The maximum atomic E-state index is 13.6. The number of hydrogen-bond acceptors (Lipinski definition) is 5. The van der Waals surface area contributed by atoms with Crippen molar-refractivity contribution in [1.29, 1.82) is 0 Å². The first-order valence-electron chi connectivity index (χ1n) is 12.9. The van der Waals surface area contributed by atoms with E-state index < -0.39 is 0 Å². The molecular weight excluding hydrogens is 444 g/mol. The van der Waals surface area contributed by atoms with Crippen LogP contribution in [0.2, 0.25) is 0 Å². The van der Waals surface area contributed by atoms with Crippen molar-refractivity contribution in [2.75, 3.05) is 42.9 Å². The molecule has 4 heterocycles. The van der Waals surface area contributed by atoms with E-state index in [1.165, 1.54) is 69.5 Å². The number of para-hydroxylation sites is 2. The summed E-state index contributed by atoms with van der Waals surface area (Å²) in [6.07, 6.45) is 9.21. The van der Waals surface area contributed by atoms with E-state index in [1.54, 1.807) is 4.90 Å². The number of fused-ring (bicyclic) bond motifs is 2. The number of piperidine rings is 2. The van der Waals surface area contributed by atoms with Crippen LogP contribution in [0.3, 0.4) is 0 Å². The largest absolute Gasteiger partial charge is 0.320 e. The quantitative estimate of drug-likeness (QED) is 0.601. The Labute approximate surface area is 206 Å². The molecule has 7 heteroatoms. The van der Waals surface area contributed by atoms with Crippen LogP contribution in [0.1, 0.15) is 66.6 Å². The third-order valence-electron chi connectivity index (χ3n) is 7.56. The summed E-state index contributed by atoms with van der Waals surface area (Å²) in [5.74, 6) is -0.0766. The van der Waals surface area contributed by atoms with E-state index >= 15 is 0 Å². The number of likely N-dealkylation sites (tertiary alicyclic amines) is 2. The van der Waals surface area contributed by atoms with Crippen molar-refractivity contribution in [3.05, 3.63) is 40.1 Å². The zero-order valence-corrected chi connectivity index (χ0v) is 21.0. The molecule has 34 heavy (non-hydrogen) atoms. The van der Waals surface area contributed by atoms with Gasteiger partial charge in [0, 0.05) is 29.3 Å². The van der Waals surface area contributed by atoms with Crippen LogP contribution < -0.4 is 10.2 Å². The molecule has 0 spiro atoms. The summed E-state index contributed by atoms with van der Waals surface area (Å²) in [6, 6.07) is 8.24. The molecule has 5 rings (SSSR count). The zero-order chi connectivity index (χ0) is 23.5. The summed E-state index contributed by atoms with van der Waals surface area (Å²) in [5, 5.41) is 4.86. The maximum absolute atomic E-state index is 13.6. The molecule has 2 amide bonds. The van der Waals surface area contributed by atoms with Crippen molar-refractivity contribution in [3.63, 3.8) is 0 Å². The second kappa shape index (κ2) is 10.6. The van der Waals surface area contributed by atoms with E-state index in [1.807, 2.05) is 36.6 Å². The minimum atomic E-state index is -0.143. The van der Waals surface area contributed by atoms with Crippen molar-refractivity contribution >= 4 is 40.2 Å². The van der Waals surface area contributed by atoms with Gasteiger partial charge in [-0.2, -0.15) is 0 Å². The number of carbonyl (C=O) groups excluding carboxylic acids is 2. The van der Waals surface area contributed by atoms with Crippen LogP contribution >= 0.6 is 11.3 Å². The van der Waals surface area contributed by atoms with E-state index in [9.17, 15) is 9.59 Å². The van der Waals surface area contributed by atoms with Gasteiger partial charge in [-0.3, -0.25) is 19.4 Å². The van der Waals surface area contributed by atoms with E-state index in [-0.39, 0.29) is 11.8 Å². The third-order valence-corrected chi connectivity index (χ3v) is 8.46. The Kier molecular flexibility index (Phi) is 7.32. The number of amides is 2. The topological polar surface area (TPSA) is 55.9 Å². The monoisotopic (exact) mass is 480 g/mol. The smallest absolute Gasteiger partial charge is 0.258 e. The maximum Gasteiger partial charge on any atom is 0.258 e. The number of nitrogens with one attached hydrogen (secondary N) is 1. The third kappa shape index (κ3) is 4.92. The van der Waals surface area contributed by atoms with Crippen LogP contribution in [0.25, 0.3) is 0 Å². The highest BCUT2D eigenvalue weighted by atomic mass is 32.1.